The number of rotatable bonds is 1. The summed E-state index contributed by atoms with van der Waals surface area (Å²) in [6.45, 7) is 4.43. The number of nitriles is 1. The molecule has 0 amide bonds. The lowest BCUT2D eigenvalue weighted by molar-refractivity contribution is 0.213. The van der Waals surface area contributed by atoms with Gasteiger partial charge in [0.25, 0.3) is 0 Å². The molecule has 0 aromatic rings. The molecule has 0 spiro atoms. The fourth-order valence-electron chi connectivity index (χ4n) is 1.86. The Bertz CT molecular complexity index is 158. The Morgan fingerprint density at radius 2 is 2.00 bits per heavy atom. The molecule has 0 bridgehead atoms. The summed E-state index contributed by atoms with van der Waals surface area (Å²) in [6.07, 6.45) is 5.79. The number of hydrogen-bond acceptors (Lipinski definition) is 1. The smallest absolute Gasteiger partial charge is 0.0689 e. The van der Waals surface area contributed by atoms with E-state index < -0.39 is 0 Å². The maximum atomic E-state index is 8.98. The summed E-state index contributed by atoms with van der Waals surface area (Å²) in [6, 6.07) is 2.49. The first-order chi connectivity index (χ1) is 5.22. The summed E-state index contributed by atoms with van der Waals surface area (Å²) >= 11 is 0. The molecule has 1 heteroatoms. The van der Waals surface area contributed by atoms with Crippen LogP contribution in [-0.4, -0.2) is 0 Å². The highest BCUT2D eigenvalue weighted by atomic mass is 14.4. The van der Waals surface area contributed by atoms with E-state index in [0.717, 1.165) is 25.2 Å². The van der Waals surface area contributed by atoms with Gasteiger partial charge in [-0.25, -0.2) is 0 Å². The average molecular weight is 151 g/mol. The van der Waals surface area contributed by atoms with Crippen LogP contribution in [0.4, 0.5) is 0 Å². The predicted molar refractivity (Wildman–Crippen MR) is 46.0 cm³/mol. The number of nitrogens with zero attached hydrogens (tertiary/aromatic N) is 1. The molecule has 11 heavy (non-hydrogen) atoms. The Labute approximate surface area is 69.4 Å². The summed E-state index contributed by atoms with van der Waals surface area (Å²) in [7, 11) is 0. The first-order valence-corrected chi connectivity index (χ1v) is 4.64. The van der Waals surface area contributed by atoms with Gasteiger partial charge in [0.1, 0.15) is 0 Å². The standard InChI is InChI=1S/C10H17N/c1-3-10(8-11)6-4-9(2)5-7-10/h9H,3-7H2,1-2H3. The van der Waals surface area contributed by atoms with Gasteiger partial charge in [-0.1, -0.05) is 13.8 Å². The fraction of sp³-hybridized carbons (Fsp3) is 0.900. The average Bonchev–Trinajstić information content (AvgIpc) is 2.07. The van der Waals surface area contributed by atoms with Gasteiger partial charge in [0, 0.05) is 0 Å². The van der Waals surface area contributed by atoms with E-state index in [9.17, 15) is 0 Å². The van der Waals surface area contributed by atoms with E-state index in [1.165, 1.54) is 12.8 Å². The van der Waals surface area contributed by atoms with Gasteiger partial charge < -0.3 is 0 Å². The zero-order valence-corrected chi connectivity index (χ0v) is 7.56. The zero-order valence-electron chi connectivity index (χ0n) is 7.56. The monoisotopic (exact) mass is 151 g/mol. The normalized spacial score (nSPS) is 38.1. The molecule has 0 aliphatic heterocycles. The van der Waals surface area contributed by atoms with Crippen molar-refractivity contribution in [1.29, 1.82) is 5.26 Å². The van der Waals surface area contributed by atoms with Gasteiger partial charge in [-0.2, -0.15) is 5.26 Å². The minimum atomic E-state index is 0.0481. The zero-order chi connectivity index (χ0) is 8.32. The van der Waals surface area contributed by atoms with Crippen LogP contribution in [-0.2, 0) is 0 Å². The Morgan fingerprint density at radius 3 is 2.36 bits per heavy atom. The molecule has 62 valence electrons. The highest BCUT2D eigenvalue weighted by molar-refractivity contribution is 5.00. The molecule has 0 radical (unpaired) electrons. The SMILES string of the molecule is CCC1(C#N)CCC(C)CC1. The minimum Gasteiger partial charge on any atom is -0.198 e. The molecule has 1 aliphatic carbocycles. The maximum absolute atomic E-state index is 8.98. The summed E-state index contributed by atoms with van der Waals surface area (Å²) < 4.78 is 0. The molecule has 1 rings (SSSR count). The third-order valence-electron chi connectivity index (χ3n) is 3.15. The van der Waals surface area contributed by atoms with Gasteiger partial charge in [0.15, 0.2) is 0 Å². The van der Waals surface area contributed by atoms with E-state index in [-0.39, 0.29) is 5.41 Å². The van der Waals surface area contributed by atoms with Crippen LogP contribution in [0.3, 0.4) is 0 Å². The van der Waals surface area contributed by atoms with Crippen molar-refractivity contribution in [2.75, 3.05) is 0 Å². The molecule has 1 aliphatic rings. The molecule has 0 heterocycles. The minimum absolute atomic E-state index is 0.0481. The second-order valence-corrected chi connectivity index (χ2v) is 3.93. The van der Waals surface area contributed by atoms with E-state index >= 15 is 0 Å². The van der Waals surface area contributed by atoms with Gasteiger partial charge in [-0.15, -0.1) is 0 Å². The van der Waals surface area contributed by atoms with Gasteiger partial charge in [0.05, 0.1) is 11.5 Å². The van der Waals surface area contributed by atoms with Crippen LogP contribution in [0.2, 0.25) is 0 Å². The largest absolute Gasteiger partial charge is 0.198 e. The first kappa shape index (κ1) is 8.59. The second-order valence-electron chi connectivity index (χ2n) is 3.93. The van der Waals surface area contributed by atoms with Crippen LogP contribution in [0.1, 0.15) is 46.0 Å². The molecule has 0 unspecified atom stereocenters. The summed E-state index contributed by atoms with van der Waals surface area (Å²) in [5.74, 6) is 0.850. The van der Waals surface area contributed by atoms with Crippen LogP contribution < -0.4 is 0 Å². The quantitative estimate of drug-likeness (QED) is 0.565. The van der Waals surface area contributed by atoms with Gasteiger partial charge >= 0.3 is 0 Å². The topological polar surface area (TPSA) is 23.8 Å². The first-order valence-electron chi connectivity index (χ1n) is 4.64. The molecular formula is C10H17N. The summed E-state index contributed by atoms with van der Waals surface area (Å²) in [5.41, 5.74) is 0.0481. The predicted octanol–water partition coefficient (Wildman–Crippen LogP) is 3.12. The molecule has 0 atom stereocenters. The molecule has 1 nitrogen and oxygen atoms in total. The van der Waals surface area contributed by atoms with Crippen LogP contribution in [0.15, 0.2) is 0 Å². The lowest BCUT2D eigenvalue weighted by Gasteiger charge is -2.32. The Hall–Kier alpha value is -0.510. The summed E-state index contributed by atoms with van der Waals surface area (Å²) in [5, 5.41) is 8.98. The fourth-order valence-corrected chi connectivity index (χ4v) is 1.86. The van der Waals surface area contributed by atoms with Crippen LogP contribution in [0.25, 0.3) is 0 Å². The van der Waals surface area contributed by atoms with Crippen molar-refractivity contribution in [3.63, 3.8) is 0 Å². The van der Waals surface area contributed by atoms with Crippen LogP contribution in [0, 0.1) is 22.7 Å². The lowest BCUT2D eigenvalue weighted by Crippen LogP contribution is -2.24. The highest BCUT2D eigenvalue weighted by Crippen LogP contribution is 2.40. The van der Waals surface area contributed by atoms with Crippen molar-refractivity contribution >= 4 is 0 Å². The van der Waals surface area contributed by atoms with Crippen molar-refractivity contribution < 1.29 is 0 Å². The van der Waals surface area contributed by atoms with Crippen LogP contribution in [0.5, 0.6) is 0 Å². The van der Waals surface area contributed by atoms with Crippen molar-refractivity contribution in [2.24, 2.45) is 11.3 Å². The lowest BCUT2D eigenvalue weighted by atomic mass is 9.70. The van der Waals surface area contributed by atoms with E-state index in [1.54, 1.807) is 0 Å². The highest BCUT2D eigenvalue weighted by Gasteiger charge is 2.32. The van der Waals surface area contributed by atoms with E-state index in [4.69, 9.17) is 5.26 Å². The third-order valence-corrected chi connectivity index (χ3v) is 3.15. The molecular weight excluding hydrogens is 134 g/mol. The summed E-state index contributed by atoms with van der Waals surface area (Å²) in [4.78, 5) is 0. The van der Waals surface area contributed by atoms with Crippen LogP contribution >= 0.6 is 0 Å². The van der Waals surface area contributed by atoms with E-state index in [1.807, 2.05) is 0 Å². The molecule has 0 aromatic carbocycles. The van der Waals surface area contributed by atoms with Crippen molar-refractivity contribution in [3.05, 3.63) is 0 Å². The second kappa shape index (κ2) is 3.26. The van der Waals surface area contributed by atoms with E-state index in [2.05, 4.69) is 19.9 Å². The van der Waals surface area contributed by atoms with Gasteiger partial charge in [-0.05, 0) is 38.0 Å². The molecule has 0 saturated heterocycles. The molecule has 1 saturated carbocycles. The molecule has 1 fully saturated rings. The van der Waals surface area contributed by atoms with Crippen molar-refractivity contribution in [1.82, 2.24) is 0 Å². The Balaban J connectivity index is 2.54. The van der Waals surface area contributed by atoms with Gasteiger partial charge in [-0.3, -0.25) is 0 Å². The maximum Gasteiger partial charge on any atom is 0.0689 e. The van der Waals surface area contributed by atoms with Crippen molar-refractivity contribution in [2.45, 2.75) is 46.0 Å². The molecule has 0 N–H and O–H groups in total. The Kier molecular flexibility index (Phi) is 2.54. The Morgan fingerprint density at radius 1 is 1.45 bits per heavy atom. The number of hydrogen-bond donors (Lipinski definition) is 0. The molecule has 0 aromatic heterocycles. The van der Waals surface area contributed by atoms with E-state index in [0.29, 0.717) is 0 Å². The van der Waals surface area contributed by atoms with Gasteiger partial charge in [0.2, 0.25) is 0 Å². The third kappa shape index (κ3) is 1.74. The van der Waals surface area contributed by atoms with Crippen molar-refractivity contribution in [3.8, 4) is 6.07 Å².